The van der Waals surface area contributed by atoms with Gasteiger partial charge < -0.3 is 10.5 Å². The maximum absolute atomic E-state index is 13.8. The lowest BCUT2D eigenvalue weighted by atomic mass is 10.0. The lowest BCUT2D eigenvalue weighted by Crippen LogP contribution is -1.96. The van der Waals surface area contributed by atoms with Crippen LogP contribution in [-0.2, 0) is 0 Å². The smallest absolute Gasteiger partial charge is 0.182 e. The van der Waals surface area contributed by atoms with Crippen LogP contribution in [0.1, 0.15) is 4.11 Å². The topological polar surface area (TPSA) is 35.2 Å². The third kappa shape index (κ3) is 2.06. The molecule has 0 atom stereocenters. The Balaban J connectivity index is 2.44. The van der Waals surface area contributed by atoms with Crippen LogP contribution in [0.3, 0.4) is 0 Å². The molecule has 4 heteroatoms. The summed E-state index contributed by atoms with van der Waals surface area (Å²) in [5.74, 6) is -2.18. The minimum atomic E-state index is -2.61. The van der Waals surface area contributed by atoms with Crippen LogP contribution >= 0.6 is 0 Å². The van der Waals surface area contributed by atoms with Gasteiger partial charge in [0.05, 0.1) is 16.8 Å². The normalized spacial score (nSPS) is 13.6. The molecule has 0 spiro atoms. The molecule has 2 nitrogen and oxygen atoms in total. The van der Waals surface area contributed by atoms with Gasteiger partial charge in [-0.2, -0.15) is 0 Å². The Morgan fingerprint density at radius 1 is 1.18 bits per heavy atom. The SMILES string of the molecule is [2H]C([2H])([2H])Oc1cccc(-c2ccc(N)c(F)c2F)c1. The van der Waals surface area contributed by atoms with Gasteiger partial charge in [0.25, 0.3) is 0 Å². The molecular formula is C13H11F2NO. The minimum absolute atomic E-state index is 0.0207. The van der Waals surface area contributed by atoms with Crippen LogP contribution < -0.4 is 10.5 Å². The highest BCUT2D eigenvalue weighted by Gasteiger charge is 2.13. The number of anilines is 1. The third-order valence-corrected chi connectivity index (χ3v) is 2.38. The summed E-state index contributed by atoms with van der Waals surface area (Å²) >= 11 is 0. The van der Waals surface area contributed by atoms with E-state index in [1.165, 1.54) is 36.4 Å². The van der Waals surface area contributed by atoms with Gasteiger partial charge in [-0.3, -0.25) is 0 Å². The Morgan fingerprint density at radius 3 is 2.76 bits per heavy atom. The lowest BCUT2D eigenvalue weighted by molar-refractivity contribution is 0.415. The Labute approximate surface area is 102 Å². The van der Waals surface area contributed by atoms with Crippen molar-refractivity contribution in [1.82, 2.24) is 0 Å². The van der Waals surface area contributed by atoms with Gasteiger partial charge in [0.2, 0.25) is 0 Å². The molecule has 0 aromatic heterocycles. The van der Waals surface area contributed by atoms with Crippen LogP contribution in [0.25, 0.3) is 11.1 Å². The minimum Gasteiger partial charge on any atom is -0.497 e. The van der Waals surface area contributed by atoms with Gasteiger partial charge in [-0.1, -0.05) is 12.1 Å². The number of ether oxygens (including phenoxy) is 1. The molecule has 0 unspecified atom stereocenters. The molecule has 0 aliphatic heterocycles. The maximum atomic E-state index is 13.8. The highest BCUT2D eigenvalue weighted by molar-refractivity contribution is 5.68. The largest absolute Gasteiger partial charge is 0.497 e. The van der Waals surface area contributed by atoms with Crippen LogP contribution in [0.2, 0.25) is 0 Å². The van der Waals surface area contributed by atoms with Crippen molar-refractivity contribution in [1.29, 1.82) is 0 Å². The van der Waals surface area contributed by atoms with Gasteiger partial charge in [-0.05, 0) is 29.8 Å². The van der Waals surface area contributed by atoms with Crippen molar-refractivity contribution in [2.45, 2.75) is 0 Å². The van der Waals surface area contributed by atoms with E-state index in [4.69, 9.17) is 14.6 Å². The van der Waals surface area contributed by atoms with Gasteiger partial charge in [-0.25, -0.2) is 8.78 Å². The number of hydrogen-bond donors (Lipinski definition) is 1. The zero-order chi connectivity index (χ0) is 14.9. The fourth-order valence-electron chi connectivity index (χ4n) is 1.51. The molecule has 0 aliphatic carbocycles. The predicted octanol–water partition coefficient (Wildman–Crippen LogP) is 3.22. The van der Waals surface area contributed by atoms with E-state index in [9.17, 15) is 8.78 Å². The monoisotopic (exact) mass is 238 g/mol. The van der Waals surface area contributed by atoms with Crippen LogP contribution in [0, 0.1) is 11.6 Å². The van der Waals surface area contributed by atoms with Crippen molar-refractivity contribution in [3.63, 3.8) is 0 Å². The molecule has 0 bridgehead atoms. The summed E-state index contributed by atoms with van der Waals surface area (Å²) in [6, 6.07) is 8.31. The molecule has 2 aromatic carbocycles. The fraction of sp³-hybridized carbons (Fsp3) is 0.0769. The standard InChI is InChI=1S/C13H11F2NO/c1-17-9-4-2-3-8(7-9)10-5-6-11(16)13(15)12(10)14/h2-7H,16H2,1H3/i1D3. The molecule has 0 saturated carbocycles. The Kier molecular flexibility index (Phi) is 2.09. The first-order valence-electron chi connectivity index (χ1n) is 6.31. The van der Waals surface area contributed by atoms with E-state index in [2.05, 4.69) is 0 Å². The molecule has 17 heavy (non-hydrogen) atoms. The van der Waals surface area contributed by atoms with Crippen molar-refractivity contribution in [3.05, 3.63) is 48.0 Å². The molecular weight excluding hydrogens is 224 g/mol. The maximum Gasteiger partial charge on any atom is 0.182 e. The lowest BCUT2D eigenvalue weighted by Gasteiger charge is -2.07. The second-order valence-corrected chi connectivity index (χ2v) is 3.46. The summed E-state index contributed by atoms with van der Waals surface area (Å²) in [4.78, 5) is 0. The Bertz CT molecular complexity index is 644. The van der Waals surface area contributed by atoms with E-state index >= 15 is 0 Å². The number of methoxy groups -OCH3 is 1. The summed E-state index contributed by atoms with van der Waals surface area (Å²) in [7, 11) is -2.61. The second kappa shape index (κ2) is 4.41. The molecule has 2 aromatic rings. The summed E-state index contributed by atoms with van der Waals surface area (Å²) < 4.78 is 53.0. The first kappa shape index (κ1) is 8.06. The highest BCUT2D eigenvalue weighted by atomic mass is 19.2. The van der Waals surface area contributed by atoms with E-state index in [-0.39, 0.29) is 17.0 Å². The van der Waals surface area contributed by atoms with Crippen molar-refractivity contribution in [2.24, 2.45) is 0 Å². The first-order valence-corrected chi connectivity index (χ1v) is 4.81. The average molecular weight is 238 g/mol. The van der Waals surface area contributed by atoms with E-state index in [0.717, 1.165) is 0 Å². The van der Waals surface area contributed by atoms with Crippen LogP contribution in [-0.4, -0.2) is 7.04 Å². The molecule has 0 fully saturated rings. The first-order chi connectivity index (χ1) is 9.28. The van der Waals surface area contributed by atoms with Gasteiger partial charge in [0.1, 0.15) is 5.75 Å². The van der Waals surface area contributed by atoms with Crippen LogP contribution in [0.5, 0.6) is 5.75 Å². The molecule has 2 rings (SSSR count). The Hall–Kier alpha value is -2.10. The van der Waals surface area contributed by atoms with Gasteiger partial charge >= 0.3 is 0 Å². The number of benzene rings is 2. The number of halogens is 2. The molecule has 0 radical (unpaired) electrons. The molecule has 0 saturated heterocycles. The van der Waals surface area contributed by atoms with Crippen molar-refractivity contribution >= 4 is 5.69 Å². The number of nitrogen functional groups attached to an aromatic ring is 1. The molecule has 88 valence electrons. The zero-order valence-corrected chi connectivity index (χ0v) is 8.71. The number of nitrogens with two attached hydrogens (primary N) is 1. The second-order valence-electron chi connectivity index (χ2n) is 3.46. The highest BCUT2D eigenvalue weighted by Crippen LogP contribution is 2.29. The number of rotatable bonds is 2. The molecule has 0 aliphatic rings. The third-order valence-electron chi connectivity index (χ3n) is 2.38. The van der Waals surface area contributed by atoms with Gasteiger partial charge in [0, 0.05) is 5.56 Å². The van der Waals surface area contributed by atoms with Gasteiger partial charge in [0.15, 0.2) is 11.6 Å². The van der Waals surface area contributed by atoms with Crippen LogP contribution in [0.4, 0.5) is 14.5 Å². The van der Waals surface area contributed by atoms with Crippen molar-refractivity contribution in [3.8, 4) is 16.9 Å². The van der Waals surface area contributed by atoms with E-state index in [1.807, 2.05) is 0 Å². The van der Waals surface area contributed by atoms with E-state index < -0.39 is 18.7 Å². The number of hydrogen-bond acceptors (Lipinski definition) is 2. The summed E-state index contributed by atoms with van der Waals surface area (Å²) in [6.07, 6.45) is 0. The van der Waals surface area contributed by atoms with Crippen molar-refractivity contribution in [2.75, 3.05) is 12.8 Å². The van der Waals surface area contributed by atoms with Crippen LogP contribution in [0.15, 0.2) is 36.4 Å². The quantitative estimate of drug-likeness (QED) is 0.815. The Morgan fingerprint density at radius 2 is 2.00 bits per heavy atom. The summed E-state index contributed by atoms with van der Waals surface area (Å²) in [6.45, 7) is 0. The van der Waals surface area contributed by atoms with E-state index in [0.29, 0.717) is 5.56 Å². The fourth-order valence-corrected chi connectivity index (χ4v) is 1.51. The molecule has 0 amide bonds. The molecule has 0 heterocycles. The summed E-state index contributed by atoms with van der Waals surface area (Å²) in [5.41, 5.74) is 5.25. The summed E-state index contributed by atoms with van der Waals surface area (Å²) in [5, 5.41) is 0. The average Bonchev–Trinajstić information content (AvgIpc) is 2.34. The molecule has 2 N–H and O–H groups in total. The van der Waals surface area contributed by atoms with Gasteiger partial charge in [-0.15, -0.1) is 0 Å². The van der Waals surface area contributed by atoms with E-state index in [1.54, 1.807) is 0 Å². The zero-order valence-electron chi connectivity index (χ0n) is 11.7. The predicted molar refractivity (Wildman–Crippen MR) is 62.8 cm³/mol. The van der Waals surface area contributed by atoms with Crippen molar-refractivity contribution < 1.29 is 17.6 Å².